The smallest absolute Gasteiger partial charge is 0.0686 e. The summed E-state index contributed by atoms with van der Waals surface area (Å²) in [5, 5.41) is 5.46. The van der Waals surface area contributed by atoms with Gasteiger partial charge in [-0.1, -0.05) is 47.5 Å². The molecule has 0 unspecified atom stereocenters. The van der Waals surface area contributed by atoms with Crippen LogP contribution in [-0.2, 0) is 5.33 Å². The molecule has 0 bridgehead atoms. The van der Waals surface area contributed by atoms with Crippen LogP contribution in [0.5, 0.6) is 0 Å². The van der Waals surface area contributed by atoms with E-state index in [0.717, 1.165) is 16.7 Å². The van der Waals surface area contributed by atoms with Gasteiger partial charge in [-0.2, -0.15) is 5.10 Å². The zero-order valence-electron chi connectivity index (χ0n) is 10.4. The van der Waals surface area contributed by atoms with Gasteiger partial charge in [0, 0.05) is 11.5 Å². The largest absolute Gasteiger partial charge is 0.240 e. The molecule has 0 N–H and O–H groups in total. The van der Waals surface area contributed by atoms with E-state index < -0.39 is 0 Å². The number of aromatic nitrogens is 2. The molecule has 0 radical (unpaired) electrons. The molecule has 2 nitrogen and oxygen atoms in total. The first kappa shape index (κ1) is 12.4. The van der Waals surface area contributed by atoms with Crippen LogP contribution >= 0.6 is 15.9 Å². The van der Waals surface area contributed by atoms with Crippen molar-refractivity contribution >= 4 is 15.9 Å². The summed E-state index contributed by atoms with van der Waals surface area (Å²) in [6.07, 6.45) is 2.03. The Labute approximate surface area is 111 Å². The third kappa shape index (κ3) is 2.60. The van der Waals surface area contributed by atoms with Crippen LogP contribution in [0.4, 0.5) is 0 Å². The Hall–Kier alpha value is -1.09. The van der Waals surface area contributed by atoms with Crippen molar-refractivity contribution in [3.05, 3.63) is 47.3 Å². The van der Waals surface area contributed by atoms with Crippen molar-refractivity contribution < 1.29 is 0 Å². The first-order valence-electron chi connectivity index (χ1n) is 5.83. The molecule has 90 valence electrons. The molecule has 2 rings (SSSR count). The second-order valence-electron chi connectivity index (χ2n) is 4.61. The Kier molecular flexibility index (Phi) is 3.67. The van der Waals surface area contributed by atoms with Gasteiger partial charge in [-0.05, 0) is 30.5 Å². The van der Waals surface area contributed by atoms with Crippen LogP contribution in [0.1, 0.15) is 36.6 Å². The van der Waals surface area contributed by atoms with E-state index in [4.69, 9.17) is 0 Å². The Morgan fingerprint density at radius 1 is 1.29 bits per heavy atom. The van der Waals surface area contributed by atoms with Gasteiger partial charge >= 0.3 is 0 Å². The number of nitrogens with zero attached hydrogens (tertiary/aromatic N) is 2. The maximum Gasteiger partial charge on any atom is 0.0686 e. The molecule has 1 aromatic heterocycles. The van der Waals surface area contributed by atoms with Crippen molar-refractivity contribution in [2.75, 3.05) is 0 Å². The molecule has 1 aromatic carbocycles. The summed E-state index contributed by atoms with van der Waals surface area (Å²) in [6.45, 7) is 6.43. The standard InChI is InChI=1S/C14H17BrN2/c1-10(2)13-6-7-17(16-13)14-5-4-11(3)8-12(14)9-15/h4-8,10H,9H2,1-3H3. The van der Waals surface area contributed by atoms with E-state index in [9.17, 15) is 0 Å². The summed E-state index contributed by atoms with van der Waals surface area (Å²) in [6, 6.07) is 8.53. The Morgan fingerprint density at radius 3 is 2.65 bits per heavy atom. The molecule has 0 fully saturated rings. The summed E-state index contributed by atoms with van der Waals surface area (Å²) in [5.41, 5.74) is 4.83. The Bertz CT molecular complexity index is 515. The number of rotatable bonds is 3. The minimum atomic E-state index is 0.467. The van der Waals surface area contributed by atoms with Gasteiger partial charge in [0.25, 0.3) is 0 Å². The third-order valence-electron chi connectivity index (χ3n) is 2.83. The predicted octanol–water partition coefficient (Wildman–Crippen LogP) is 4.20. The van der Waals surface area contributed by atoms with Crippen LogP contribution in [0.15, 0.2) is 30.5 Å². The van der Waals surface area contributed by atoms with Crippen molar-refractivity contribution in [1.82, 2.24) is 9.78 Å². The molecule has 0 spiro atoms. The molecule has 0 atom stereocenters. The van der Waals surface area contributed by atoms with Gasteiger partial charge in [0.15, 0.2) is 0 Å². The lowest BCUT2D eigenvalue weighted by Gasteiger charge is -2.08. The van der Waals surface area contributed by atoms with E-state index in [1.807, 2.05) is 10.9 Å². The van der Waals surface area contributed by atoms with E-state index in [1.165, 1.54) is 11.1 Å². The first-order chi connectivity index (χ1) is 8.11. The first-order valence-corrected chi connectivity index (χ1v) is 6.95. The lowest BCUT2D eigenvalue weighted by molar-refractivity contribution is 0.766. The second kappa shape index (κ2) is 5.05. The number of hydrogen-bond acceptors (Lipinski definition) is 1. The summed E-state index contributed by atoms with van der Waals surface area (Å²) in [5.74, 6) is 0.467. The highest BCUT2D eigenvalue weighted by molar-refractivity contribution is 9.08. The third-order valence-corrected chi connectivity index (χ3v) is 3.43. The van der Waals surface area contributed by atoms with Crippen LogP contribution in [0, 0.1) is 6.92 Å². The molecule has 0 aliphatic heterocycles. The summed E-state index contributed by atoms with van der Waals surface area (Å²) in [7, 11) is 0. The summed E-state index contributed by atoms with van der Waals surface area (Å²) >= 11 is 3.53. The van der Waals surface area contributed by atoms with Crippen LogP contribution in [0.25, 0.3) is 5.69 Å². The number of aryl methyl sites for hydroxylation is 1. The fourth-order valence-corrected chi connectivity index (χ4v) is 2.27. The highest BCUT2D eigenvalue weighted by Gasteiger charge is 2.08. The summed E-state index contributed by atoms with van der Waals surface area (Å²) in [4.78, 5) is 0. The van der Waals surface area contributed by atoms with Crippen molar-refractivity contribution in [2.24, 2.45) is 0 Å². The molecule has 3 heteroatoms. The fraction of sp³-hybridized carbons (Fsp3) is 0.357. The highest BCUT2D eigenvalue weighted by Crippen LogP contribution is 2.20. The highest BCUT2D eigenvalue weighted by atomic mass is 79.9. The average Bonchev–Trinajstić information content (AvgIpc) is 2.78. The topological polar surface area (TPSA) is 17.8 Å². The zero-order chi connectivity index (χ0) is 12.4. The predicted molar refractivity (Wildman–Crippen MR) is 75.0 cm³/mol. The molecule has 0 aliphatic carbocycles. The number of alkyl halides is 1. The van der Waals surface area contributed by atoms with E-state index in [-0.39, 0.29) is 0 Å². The Balaban J connectivity index is 2.44. The van der Waals surface area contributed by atoms with Crippen molar-refractivity contribution in [1.29, 1.82) is 0 Å². The van der Waals surface area contributed by atoms with Gasteiger partial charge in [-0.15, -0.1) is 0 Å². The van der Waals surface area contributed by atoms with Crippen molar-refractivity contribution in [2.45, 2.75) is 32.0 Å². The molecular weight excluding hydrogens is 276 g/mol. The number of halogens is 1. The van der Waals surface area contributed by atoms with Gasteiger partial charge in [-0.25, -0.2) is 4.68 Å². The number of hydrogen-bond donors (Lipinski definition) is 0. The summed E-state index contributed by atoms with van der Waals surface area (Å²) < 4.78 is 1.96. The minimum Gasteiger partial charge on any atom is -0.240 e. The number of benzene rings is 1. The van der Waals surface area contributed by atoms with Gasteiger partial charge in [0.2, 0.25) is 0 Å². The molecule has 2 aromatic rings. The second-order valence-corrected chi connectivity index (χ2v) is 5.17. The van der Waals surface area contributed by atoms with Crippen molar-refractivity contribution in [3.8, 4) is 5.69 Å². The van der Waals surface area contributed by atoms with Crippen molar-refractivity contribution in [3.63, 3.8) is 0 Å². The molecular formula is C14H17BrN2. The average molecular weight is 293 g/mol. The van der Waals surface area contributed by atoms with Crippen LogP contribution in [-0.4, -0.2) is 9.78 Å². The fourth-order valence-electron chi connectivity index (χ4n) is 1.82. The van der Waals surface area contributed by atoms with E-state index in [2.05, 4.69) is 66.1 Å². The molecule has 17 heavy (non-hydrogen) atoms. The van der Waals surface area contributed by atoms with Gasteiger partial charge in [-0.3, -0.25) is 0 Å². The maximum atomic E-state index is 4.61. The molecule has 0 saturated heterocycles. The quantitative estimate of drug-likeness (QED) is 0.776. The van der Waals surface area contributed by atoms with Crippen LogP contribution in [0.3, 0.4) is 0 Å². The van der Waals surface area contributed by atoms with E-state index in [0.29, 0.717) is 5.92 Å². The van der Waals surface area contributed by atoms with Crippen LogP contribution in [0.2, 0.25) is 0 Å². The van der Waals surface area contributed by atoms with E-state index >= 15 is 0 Å². The van der Waals surface area contributed by atoms with E-state index in [1.54, 1.807) is 0 Å². The van der Waals surface area contributed by atoms with Crippen LogP contribution < -0.4 is 0 Å². The minimum absolute atomic E-state index is 0.467. The normalized spacial score (nSPS) is 11.1. The lowest BCUT2D eigenvalue weighted by atomic mass is 10.1. The molecule has 0 amide bonds. The van der Waals surface area contributed by atoms with Gasteiger partial charge in [0.05, 0.1) is 11.4 Å². The van der Waals surface area contributed by atoms with Gasteiger partial charge in [0.1, 0.15) is 0 Å². The maximum absolute atomic E-state index is 4.61. The zero-order valence-corrected chi connectivity index (χ0v) is 12.0. The lowest BCUT2D eigenvalue weighted by Crippen LogP contribution is -2.01. The molecule has 1 heterocycles. The molecule has 0 aliphatic rings. The molecule has 0 saturated carbocycles. The Morgan fingerprint density at radius 2 is 2.06 bits per heavy atom. The van der Waals surface area contributed by atoms with Gasteiger partial charge < -0.3 is 0 Å². The SMILES string of the molecule is Cc1ccc(-n2ccc(C(C)C)n2)c(CBr)c1. The monoisotopic (exact) mass is 292 g/mol.